The van der Waals surface area contributed by atoms with E-state index in [9.17, 15) is 9.90 Å². The summed E-state index contributed by atoms with van der Waals surface area (Å²) < 4.78 is 5.41. The van der Waals surface area contributed by atoms with Crippen molar-refractivity contribution in [2.45, 2.75) is 43.9 Å². The van der Waals surface area contributed by atoms with Crippen LogP contribution in [-0.2, 0) is 4.74 Å². The molecule has 1 aromatic carbocycles. The highest BCUT2D eigenvalue weighted by Gasteiger charge is 2.21. The van der Waals surface area contributed by atoms with Crippen molar-refractivity contribution in [1.29, 1.82) is 0 Å². The van der Waals surface area contributed by atoms with Gasteiger partial charge in [0.25, 0.3) is 0 Å². The smallest absolute Gasteiger partial charge is 0.315 e. The summed E-state index contributed by atoms with van der Waals surface area (Å²) >= 11 is 6.15. The monoisotopic (exact) mass is 326 g/mol. The molecule has 5 nitrogen and oxygen atoms in total. The highest BCUT2D eigenvalue weighted by Crippen LogP contribution is 2.24. The maximum atomic E-state index is 12.0. The number of carbonyl (C=O) groups is 1. The summed E-state index contributed by atoms with van der Waals surface area (Å²) in [4.78, 5) is 12.0. The van der Waals surface area contributed by atoms with Crippen molar-refractivity contribution in [1.82, 2.24) is 10.6 Å². The molecule has 1 aliphatic carbocycles. The summed E-state index contributed by atoms with van der Waals surface area (Å²) in [5, 5.41) is 15.8. The molecule has 2 rings (SSSR count). The van der Waals surface area contributed by atoms with Gasteiger partial charge in [-0.25, -0.2) is 4.79 Å². The van der Waals surface area contributed by atoms with Crippen molar-refractivity contribution in [2.75, 3.05) is 13.7 Å². The van der Waals surface area contributed by atoms with Gasteiger partial charge in [-0.15, -0.1) is 0 Å². The number of halogens is 1. The van der Waals surface area contributed by atoms with E-state index in [1.807, 2.05) is 18.2 Å². The van der Waals surface area contributed by atoms with Gasteiger partial charge in [-0.2, -0.15) is 0 Å². The number of nitrogens with one attached hydrogen (secondary N) is 2. The number of hydrogen-bond donors (Lipinski definition) is 3. The number of aliphatic hydroxyl groups is 1. The van der Waals surface area contributed by atoms with Gasteiger partial charge in [-0.1, -0.05) is 29.8 Å². The SMILES string of the molecule is COC(CNC(=O)NC1CCC(O)CC1)c1ccccc1Cl. The Hall–Kier alpha value is -1.30. The minimum absolute atomic E-state index is 0.129. The van der Waals surface area contributed by atoms with Crippen LogP contribution in [0.2, 0.25) is 5.02 Å². The number of carbonyl (C=O) groups excluding carboxylic acids is 1. The zero-order chi connectivity index (χ0) is 15.9. The van der Waals surface area contributed by atoms with Gasteiger partial charge in [0.1, 0.15) is 6.10 Å². The van der Waals surface area contributed by atoms with Crippen LogP contribution in [0.15, 0.2) is 24.3 Å². The van der Waals surface area contributed by atoms with Crippen LogP contribution in [0.25, 0.3) is 0 Å². The molecule has 2 amide bonds. The van der Waals surface area contributed by atoms with Crippen molar-refractivity contribution in [3.63, 3.8) is 0 Å². The van der Waals surface area contributed by atoms with Gasteiger partial charge in [0, 0.05) is 30.3 Å². The van der Waals surface area contributed by atoms with E-state index in [2.05, 4.69) is 10.6 Å². The van der Waals surface area contributed by atoms with E-state index in [4.69, 9.17) is 16.3 Å². The summed E-state index contributed by atoms with van der Waals surface area (Å²) in [7, 11) is 1.59. The van der Waals surface area contributed by atoms with Crippen LogP contribution in [0.4, 0.5) is 4.79 Å². The largest absolute Gasteiger partial charge is 0.393 e. The molecule has 1 aliphatic rings. The van der Waals surface area contributed by atoms with Crippen LogP contribution >= 0.6 is 11.6 Å². The van der Waals surface area contributed by atoms with Gasteiger partial charge in [0.05, 0.1) is 6.10 Å². The number of rotatable bonds is 5. The van der Waals surface area contributed by atoms with Gasteiger partial charge in [0.15, 0.2) is 0 Å². The summed E-state index contributed by atoms with van der Waals surface area (Å²) in [6.45, 7) is 0.349. The molecule has 1 unspecified atom stereocenters. The van der Waals surface area contributed by atoms with Crippen molar-refractivity contribution in [3.05, 3.63) is 34.9 Å². The van der Waals surface area contributed by atoms with Gasteiger partial charge in [-0.3, -0.25) is 0 Å². The van der Waals surface area contributed by atoms with E-state index in [0.29, 0.717) is 11.6 Å². The first-order valence-corrected chi connectivity index (χ1v) is 7.97. The highest BCUT2D eigenvalue weighted by molar-refractivity contribution is 6.31. The maximum absolute atomic E-state index is 12.0. The van der Waals surface area contributed by atoms with Crippen LogP contribution in [0, 0.1) is 0 Å². The Bertz CT molecular complexity index is 490. The molecule has 3 N–H and O–H groups in total. The zero-order valence-electron chi connectivity index (χ0n) is 12.7. The maximum Gasteiger partial charge on any atom is 0.315 e. The molecule has 122 valence electrons. The summed E-state index contributed by atoms with van der Waals surface area (Å²) in [6, 6.07) is 7.35. The van der Waals surface area contributed by atoms with E-state index in [0.717, 1.165) is 31.2 Å². The molecule has 1 fully saturated rings. The molecular formula is C16H23ClN2O3. The molecule has 0 saturated heterocycles. The lowest BCUT2D eigenvalue weighted by atomic mass is 9.93. The third kappa shape index (κ3) is 4.87. The van der Waals surface area contributed by atoms with Crippen molar-refractivity contribution < 1.29 is 14.6 Å². The van der Waals surface area contributed by atoms with E-state index in [1.54, 1.807) is 13.2 Å². The van der Waals surface area contributed by atoms with Crippen molar-refractivity contribution in [2.24, 2.45) is 0 Å². The molecule has 1 saturated carbocycles. The van der Waals surface area contributed by atoms with Crippen LogP contribution < -0.4 is 10.6 Å². The Labute approximate surface area is 136 Å². The number of benzene rings is 1. The second-order valence-electron chi connectivity index (χ2n) is 5.61. The van der Waals surface area contributed by atoms with E-state index < -0.39 is 0 Å². The number of hydrogen-bond acceptors (Lipinski definition) is 3. The average Bonchev–Trinajstić information content (AvgIpc) is 2.52. The Balaban J connectivity index is 1.80. The van der Waals surface area contributed by atoms with E-state index >= 15 is 0 Å². The van der Waals surface area contributed by atoms with Crippen LogP contribution in [0.3, 0.4) is 0 Å². The fraction of sp³-hybridized carbons (Fsp3) is 0.562. The zero-order valence-corrected chi connectivity index (χ0v) is 13.5. The standard InChI is InChI=1S/C16H23ClN2O3/c1-22-15(13-4-2-3-5-14(13)17)10-18-16(21)19-11-6-8-12(20)9-7-11/h2-5,11-12,15,20H,6-10H2,1H3,(H2,18,19,21). The fourth-order valence-electron chi connectivity index (χ4n) is 2.70. The Morgan fingerprint density at radius 2 is 2.05 bits per heavy atom. The number of methoxy groups -OCH3 is 1. The predicted molar refractivity (Wildman–Crippen MR) is 86.0 cm³/mol. The molecule has 1 aromatic rings. The third-order valence-electron chi connectivity index (χ3n) is 4.02. The molecule has 0 bridgehead atoms. The highest BCUT2D eigenvalue weighted by atomic mass is 35.5. The molecule has 0 radical (unpaired) electrons. The first-order valence-electron chi connectivity index (χ1n) is 7.59. The lowest BCUT2D eigenvalue weighted by molar-refractivity contribution is 0.102. The van der Waals surface area contributed by atoms with Crippen LogP contribution in [-0.4, -0.2) is 36.9 Å². The van der Waals surface area contributed by atoms with E-state index in [1.165, 1.54) is 0 Å². The summed E-state index contributed by atoms with van der Waals surface area (Å²) in [5.74, 6) is 0. The van der Waals surface area contributed by atoms with Crippen LogP contribution in [0.5, 0.6) is 0 Å². The second-order valence-corrected chi connectivity index (χ2v) is 6.01. The van der Waals surface area contributed by atoms with Gasteiger partial charge in [0.2, 0.25) is 0 Å². The summed E-state index contributed by atoms with van der Waals surface area (Å²) in [5.41, 5.74) is 0.854. The average molecular weight is 327 g/mol. The van der Waals surface area contributed by atoms with Gasteiger partial charge < -0.3 is 20.5 Å². The van der Waals surface area contributed by atoms with Crippen molar-refractivity contribution >= 4 is 17.6 Å². The minimum Gasteiger partial charge on any atom is -0.393 e. The topological polar surface area (TPSA) is 70.6 Å². The second kappa shape index (κ2) is 8.36. The number of aliphatic hydroxyl groups excluding tert-OH is 1. The molecule has 0 spiro atoms. The lowest BCUT2D eigenvalue weighted by Crippen LogP contribution is -2.45. The molecular weight excluding hydrogens is 304 g/mol. The van der Waals surface area contributed by atoms with Gasteiger partial charge >= 0.3 is 6.03 Å². The number of amides is 2. The molecule has 1 atom stereocenters. The van der Waals surface area contributed by atoms with Crippen LogP contribution in [0.1, 0.15) is 37.4 Å². The van der Waals surface area contributed by atoms with Crippen molar-refractivity contribution in [3.8, 4) is 0 Å². The quantitative estimate of drug-likeness (QED) is 0.779. The molecule has 0 heterocycles. The molecule has 6 heteroatoms. The Morgan fingerprint density at radius 3 is 2.68 bits per heavy atom. The molecule has 0 aliphatic heterocycles. The first kappa shape index (κ1) is 17.1. The normalized spacial score (nSPS) is 22.9. The first-order chi connectivity index (χ1) is 10.6. The van der Waals surface area contributed by atoms with Gasteiger partial charge in [-0.05, 0) is 31.7 Å². The van der Waals surface area contributed by atoms with E-state index in [-0.39, 0.29) is 24.3 Å². The minimum atomic E-state index is -0.285. The third-order valence-corrected chi connectivity index (χ3v) is 4.36. The molecule has 22 heavy (non-hydrogen) atoms. The Morgan fingerprint density at radius 1 is 1.36 bits per heavy atom. The molecule has 0 aromatic heterocycles. The fourth-order valence-corrected chi connectivity index (χ4v) is 2.96. The Kier molecular flexibility index (Phi) is 6.49. The number of urea groups is 1. The lowest BCUT2D eigenvalue weighted by Gasteiger charge is -2.26. The predicted octanol–water partition coefficient (Wildman–Crippen LogP) is 2.63. The summed E-state index contributed by atoms with van der Waals surface area (Å²) in [6.07, 6.45) is 2.60. The number of ether oxygens (including phenoxy) is 1.